The number of methoxy groups -OCH3 is 1. The van der Waals surface area contributed by atoms with Gasteiger partial charge in [0.25, 0.3) is 0 Å². The van der Waals surface area contributed by atoms with Crippen LogP contribution in [0.5, 0.6) is 0 Å². The number of hydrogen-bond acceptors (Lipinski definition) is 5. The van der Waals surface area contributed by atoms with Crippen LogP contribution in [0.4, 0.5) is 0 Å². The molecule has 0 amide bonds. The van der Waals surface area contributed by atoms with Crippen LogP contribution in [0, 0.1) is 17.3 Å². The van der Waals surface area contributed by atoms with Crippen LogP contribution in [0.25, 0.3) is 0 Å². The number of carbonyl (C=O) groups excluding carboxylic acids is 1. The van der Waals surface area contributed by atoms with E-state index in [0.29, 0.717) is 26.1 Å². The molecule has 2 saturated carbocycles. The van der Waals surface area contributed by atoms with Gasteiger partial charge in [0.1, 0.15) is 0 Å². The van der Waals surface area contributed by atoms with Gasteiger partial charge in [-0.1, -0.05) is 13.3 Å². The molecule has 1 aliphatic heterocycles. The Bertz CT molecular complexity index is 390. The number of aliphatic hydroxyl groups excluding tert-OH is 1. The summed E-state index contributed by atoms with van der Waals surface area (Å²) in [5, 5.41) is 10.4. The summed E-state index contributed by atoms with van der Waals surface area (Å²) in [7, 11) is 1.43. The molecule has 5 heteroatoms. The lowest BCUT2D eigenvalue weighted by atomic mass is 9.53. The molecule has 3 fully saturated rings. The summed E-state index contributed by atoms with van der Waals surface area (Å²) in [6, 6.07) is 0. The SMILES string of the molecule is COC(=O)[C@H]1CC2(C[C@@H]3[C@@H](O)CCC[C@]13C)OCCO2. The van der Waals surface area contributed by atoms with Gasteiger partial charge >= 0.3 is 5.97 Å². The summed E-state index contributed by atoms with van der Waals surface area (Å²) in [6.07, 6.45) is 3.54. The smallest absolute Gasteiger partial charge is 0.309 e. The molecule has 114 valence electrons. The lowest BCUT2D eigenvalue weighted by molar-refractivity contribution is -0.244. The second-order valence-electron chi connectivity index (χ2n) is 6.66. The molecule has 1 saturated heterocycles. The Morgan fingerprint density at radius 1 is 1.30 bits per heavy atom. The Morgan fingerprint density at radius 2 is 2.00 bits per heavy atom. The van der Waals surface area contributed by atoms with Crippen LogP contribution in [0.2, 0.25) is 0 Å². The molecular formula is C15H24O5. The molecule has 0 aromatic heterocycles. The number of ether oxygens (including phenoxy) is 3. The largest absolute Gasteiger partial charge is 0.469 e. The van der Waals surface area contributed by atoms with Gasteiger partial charge in [0.2, 0.25) is 0 Å². The first-order chi connectivity index (χ1) is 9.51. The van der Waals surface area contributed by atoms with Gasteiger partial charge < -0.3 is 19.3 Å². The lowest BCUT2D eigenvalue weighted by Gasteiger charge is -2.55. The third-order valence-corrected chi connectivity index (χ3v) is 5.67. The fourth-order valence-electron chi connectivity index (χ4n) is 4.51. The zero-order chi connectivity index (χ0) is 14.4. The average molecular weight is 284 g/mol. The van der Waals surface area contributed by atoms with Gasteiger partial charge in [0.15, 0.2) is 5.79 Å². The Kier molecular flexibility index (Phi) is 3.55. The van der Waals surface area contributed by atoms with E-state index < -0.39 is 5.79 Å². The van der Waals surface area contributed by atoms with Crippen molar-refractivity contribution in [3.8, 4) is 0 Å². The fourth-order valence-corrected chi connectivity index (χ4v) is 4.51. The molecule has 0 aromatic carbocycles. The van der Waals surface area contributed by atoms with Crippen LogP contribution < -0.4 is 0 Å². The molecule has 0 radical (unpaired) electrons. The molecule has 2 aliphatic carbocycles. The minimum Gasteiger partial charge on any atom is -0.469 e. The Balaban J connectivity index is 1.94. The predicted molar refractivity (Wildman–Crippen MR) is 70.8 cm³/mol. The monoisotopic (exact) mass is 284 g/mol. The zero-order valence-electron chi connectivity index (χ0n) is 12.3. The van der Waals surface area contributed by atoms with Crippen LogP contribution in [0.15, 0.2) is 0 Å². The van der Waals surface area contributed by atoms with Crippen LogP contribution >= 0.6 is 0 Å². The maximum Gasteiger partial charge on any atom is 0.309 e. The number of carbonyl (C=O) groups is 1. The topological polar surface area (TPSA) is 65.0 Å². The molecular weight excluding hydrogens is 260 g/mol. The van der Waals surface area contributed by atoms with Crippen molar-refractivity contribution in [3.05, 3.63) is 0 Å². The van der Waals surface area contributed by atoms with Gasteiger partial charge in [0, 0.05) is 12.8 Å². The first-order valence-electron chi connectivity index (χ1n) is 7.55. The van der Waals surface area contributed by atoms with E-state index in [1.807, 2.05) is 0 Å². The van der Waals surface area contributed by atoms with Crippen molar-refractivity contribution in [2.75, 3.05) is 20.3 Å². The van der Waals surface area contributed by atoms with Crippen LogP contribution in [-0.4, -0.2) is 43.3 Å². The van der Waals surface area contributed by atoms with Gasteiger partial charge in [-0.3, -0.25) is 4.79 Å². The second kappa shape index (κ2) is 4.97. The molecule has 5 nitrogen and oxygen atoms in total. The third-order valence-electron chi connectivity index (χ3n) is 5.67. The lowest BCUT2D eigenvalue weighted by Crippen LogP contribution is -2.57. The highest BCUT2D eigenvalue weighted by Gasteiger charge is 2.60. The Labute approximate surface area is 119 Å². The van der Waals surface area contributed by atoms with Crippen molar-refractivity contribution in [2.24, 2.45) is 17.3 Å². The minimum absolute atomic E-state index is 0.0344. The summed E-state index contributed by atoms with van der Waals surface area (Å²) in [4.78, 5) is 12.3. The molecule has 0 unspecified atom stereocenters. The van der Waals surface area contributed by atoms with Crippen molar-refractivity contribution in [2.45, 2.75) is 50.9 Å². The highest BCUT2D eigenvalue weighted by molar-refractivity contribution is 5.73. The second-order valence-corrected chi connectivity index (χ2v) is 6.66. The molecule has 3 rings (SSSR count). The Morgan fingerprint density at radius 3 is 2.65 bits per heavy atom. The minimum atomic E-state index is -0.693. The molecule has 1 N–H and O–H groups in total. The van der Waals surface area contributed by atoms with Crippen molar-refractivity contribution >= 4 is 5.97 Å². The molecule has 3 aliphatic rings. The summed E-state index contributed by atoms with van der Waals surface area (Å²) in [6.45, 7) is 3.24. The van der Waals surface area contributed by atoms with E-state index in [1.54, 1.807) is 0 Å². The number of hydrogen-bond donors (Lipinski definition) is 1. The molecule has 1 spiro atoms. The quantitative estimate of drug-likeness (QED) is 0.739. The summed E-state index contributed by atoms with van der Waals surface area (Å²) >= 11 is 0. The van der Waals surface area contributed by atoms with Crippen molar-refractivity contribution in [3.63, 3.8) is 0 Å². The fraction of sp³-hybridized carbons (Fsp3) is 0.933. The summed E-state index contributed by atoms with van der Waals surface area (Å²) in [5.74, 6) is -1.13. The first-order valence-corrected chi connectivity index (χ1v) is 7.55. The van der Waals surface area contributed by atoms with E-state index in [0.717, 1.165) is 19.3 Å². The number of esters is 1. The molecule has 20 heavy (non-hydrogen) atoms. The highest BCUT2D eigenvalue weighted by Crippen LogP contribution is 2.57. The molecule has 0 bridgehead atoms. The van der Waals surface area contributed by atoms with E-state index in [4.69, 9.17) is 14.2 Å². The van der Waals surface area contributed by atoms with Crippen molar-refractivity contribution < 1.29 is 24.1 Å². The van der Waals surface area contributed by atoms with Crippen molar-refractivity contribution in [1.82, 2.24) is 0 Å². The van der Waals surface area contributed by atoms with E-state index in [2.05, 4.69) is 6.92 Å². The van der Waals surface area contributed by atoms with Crippen LogP contribution in [0.1, 0.15) is 39.0 Å². The number of rotatable bonds is 1. The number of fused-ring (bicyclic) bond motifs is 1. The molecule has 4 atom stereocenters. The number of aliphatic hydroxyl groups is 1. The van der Waals surface area contributed by atoms with E-state index in [-0.39, 0.29) is 29.3 Å². The normalized spacial score (nSPS) is 43.2. The molecule has 0 aromatic rings. The standard InChI is InChI=1S/C15H24O5/c1-14-5-3-4-12(16)10(14)8-15(19-6-7-20-15)9-11(14)13(17)18-2/h10-12,16H,3-9H2,1-2H3/t10-,11-,12+,14+/m1/s1. The van der Waals surface area contributed by atoms with Crippen LogP contribution in [0.3, 0.4) is 0 Å². The zero-order valence-corrected chi connectivity index (χ0v) is 12.3. The van der Waals surface area contributed by atoms with Gasteiger partial charge in [-0.2, -0.15) is 0 Å². The first kappa shape index (κ1) is 14.3. The van der Waals surface area contributed by atoms with E-state index in [1.165, 1.54) is 7.11 Å². The van der Waals surface area contributed by atoms with E-state index >= 15 is 0 Å². The third kappa shape index (κ3) is 2.07. The van der Waals surface area contributed by atoms with Crippen molar-refractivity contribution in [1.29, 1.82) is 0 Å². The summed E-state index contributed by atoms with van der Waals surface area (Å²) in [5.41, 5.74) is -0.217. The van der Waals surface area contributed by atoms with Gasteiger partial charge in [0.05, 0.1) is 32.3 Å². The van der Waals surface area contributed by atoms with Gasteiger partial charge in [-0.25, -0.2) is 0 Å². The Hall–Kier alpha value is -0.650. The summed E-state index contributed by atoms with van der Waals surface area (Å²) < 4.78 is 16.6. The highest BCUT2D eigenvalue weighted by atomic mass is 16.7. The maximum atomic E-state index is 12.3. The average Bonchev–Trinajstić information content (AvgIpc) is 2.88. The van der Waals surface area contributed by atoms with Gasteiger partial charge in [-0.05, 0) is 24.2 Å². The molecule has 1 heterocycles. The van der Waals surface area contributed by atoms with E-state index in [9.17, 15) is 9.90 Å². The van der Waals surface area contributed by atoms with Gasteiger partial charge in [-0.15, -0.1) is 0 Å². The maximum absolute atomic E-state index is 12.3. The van der Waals surface area contributed by atoms with Crippen LogP contribution in [-0.2, 0) is 19.0 Å². The predicted octanol–water partition coefficient (Wildman–Crippen LogP) is 1.48.